The van der Waals surface area contributed by atoms with Crippen LogP contribution in [0.5, 0.6) is 11.5 Å². The summed E-state index contributed by atoms with van der Waals surface area (Å²) in [6.45, 7) is 0. The van der Waals surface area contributed by atoms with E-state index in [1.165, 1.54) is 24.3 Å². The molecule has 8 heteroatoms. The van der Waals surface area contributed by atoms with Crippen LogP contribution in [-0.4, -0.2) is 27.1 Å². The highest BCUT2D eigenvalue weighted by Crippen LogP contribution is 2.27. The molecule has 1 saturated heterocycles. The number of hydrogen-bond donors (Lipinski definition) is 3. The fraction of sp³-hybridized carbons (Fsp3) is 0. The van der Waals surface area contributed by atoms with Crippen molar-refractivity contribution in [2.75, 3.05) is 4.90 Å². The summed E-state index contributed by atoms with van der Waals surface area (Å²) in [5.74, 6) is -1.64. The number of phenols is 2. The lowest BCUT2D eigenvalue weighted by Gasteiger charge is -2.29. The molecule has 1 aliphatic rings. The van der Waals surface area contributed by atoms with Crippen LogP contribution in [0.4, 0.5) is 5.69 Å². The Morgan fingerprint density at radius 3 is 2.44 bits per heavy atom. The first-order chi connectivity index (χ1) is 11.9. The Balaban J connectivity index is 2.05. The van der Waals surface area contributed by atoms with E-state index in [0.29, 0.717) is 10.7 Å². The first kappa shape index (κ1) is 16.9. The largest absolute Gasteiger partial charge is 0.508 e. The Morgan fingerprint density at radius 2 is 1.76 bits per heavy atom. The van der Waals surface area contributed by atoms with E-state index in [4.69, 9.17) is 23.8 Å². The van der Waals surface area contributed by atoms with Gasteiger partial charge in [-0.25, -0.2) is 0 Å². The van der Waals surface area contributed by atoms with Crippen molar-refractivity contribution in [1.82, 2.24) is 5.32 Å². The smallest absolute Gasteiger partial charge is 0.270 e. The highest BCUT2D eigenvalue weighted by atomic mass is 35.5. The van der Waals surface area contributed by atoms with Gasteiger partial charge in [-0.15, -0.1) is 0 Å². The van der Waals surface area contributed by atoms with Gasteiger partial charge < -0.3 is 10.2 Å². The average molecular weight is 375 g/mol. The predicted octanol–water partition coefficient (Wildman–Crippen LogP) is 2.58. The van der Waals surface area contributed by atoms with Gasteiger partial charge in [0.15, 0.2) is 5.11 Å². The molecular weight excluding hydrogens is 364 g/mol. The van der Waals surface area contributed by atoms with Crippen molar-refractivity contribution in [2.24, 2.45) is 0 Å². The second kappa shape index (κ2) is 6.54. The summed E-state index contributed by atoms with van der Waals surface area (Å²) in [5.41, 5.74) is 0.331. The standard InChI is InChI=1S/C17H11ClN2O4S/c18-10-1-3-11(4-2-10)20-16(24)13(15(23)19-17(20)25)8-9-7-12(21)5-6-14(9)22/h1-8,21-22H,(H,19,23,25)/b13-8-. The molecule has 0 unspecified atom stereocenters. The van der Waals surface area contributed by atoms with E-state index in [2.05, 4.69) is 5.32 Å². The van der Waals surface area contributed by atoms with Gasteiger partial charge >= 0.3 is 0 Å². The van der Waals surface area contributed by atoms with E-state index in [0.717, 1.165) is 4.90 Å². The third-order valence-corrected chi connectivity index (χ3v) is 4.03. The van der Waals surface area contributed by atoms with Crippen molar-refractivity contribution in [3.8, 4) is 11.5 Å². The van der Waals surface area contributed by atoms with Crippen LogP contribution >= 0.6 is 23.8 Å². The van der Waals surface area contributed by atoms with Gasteiger partial charge in [-0.2, -0.15) is 0 Å². The lowest BCUT2D eigenvalue weighted by atomic mass is 10.1. The second-order valence-corrected chi connectivity index (χ2v) is 6.00. The van der Waals surface area contributed by atoms with Crippen molar-refractivity contribution >= 4 is 52.5 Å². The monoisotopic (exact) mass is 374 g/mol. The molecule has 6 nitrogen and oxygen atoms in total. The van der Waals surface area contributed by atoms with Crippen LogP contribution in [0.15, 0.2) is 48.0 Å². The quantitative estimate of drug-likeness (QED) is 0.325. The van der Waals surface area contributed by atoms with Gasteiger partial charge in [0, 0.05) is 10.6 Å². The van der Waals surface area contributed by atoms with E-state index in [9.17, 15) is 19.8 Å². The van der Waals surface area contributed by atoms with E-state index in [-0.39, 0.29) is 27.7 Å². The number of anilines is 1. The summed E-state index contributed by atoms with van der Waals surface area (Å²) < 4.78 is 0. The molecule has 0 radical (unpaired) electrons. The van der Waals surface area contributed by atoms with Crippen LogP contribution in [0.1, 0.15) is 5.56 Å². The Labute approximate surface area is 153 Å². The summed E-state index contributed by atoms with van der Waals surface area (Å²) in [4.78, 5) is 26.1. The molecule has 0 aromatic heterocycles. The third kappa shape index (κ3) is 3.33. The van der Waals surface area contributed by atoms with Crippen LogP contribution < -0.4 is 10.2 Å². The molecule has 25 heavy (non-hydrogen) atoms. The second-order valence-electron chi connectivity index (χ2n) is 5.18. The number of amides is 2. The first-order valence-corrected chi connectivity index (χ1v) is 7.84. The molecule has 3 rings (SSSR count). The number of aromatic hydroxyl groups is 2. The highest BCUT2D eigenvalue weighted by molar-refractivity contribution is 7.80. The molecule has 0 bridgehead atoms. The number of halogens is 1. The first-order valence-electron chi connectivity index (χ1n) is 7.06. The molecule has 0 atom stereocenters. The molecule has 0 saturated carbocycles. The fourth-order valence-corrected chi connectivity index (χ4v) is 2.70. The molecule has 1 heterocycles. The minimum atomic E-state index is -0.692. The summed E-state index contributed by atoms with van der Waals surface area (Å²) >= 11 is 10.9. The van der Waals surface area contributed by atoms with E-state index >= 15 is 0 Å². The number of hydrogen-bond acceptors (Lipinski definition) is 5. The van der Waals surface area contributed by atoms with Crippen LogP contribution in [0.3, 0.4) is 0 Å². The summed E-state index contributed by atoms with van der Waals surface area (Å²) in [7, 11) is 0. The van der Waals surface area contributed by atoms with Crippen LogP contribution in [0.25, 0.3) is 6.08 Å². The van der Waals surface area contributed by atoms with Crippen molar-refractivity contribution in [1.29, 1.82) is 0 Å². The highest BCUT2D eigenvalue weighted by Gasteiger charge is 2.34. The molecule has 2 amide bonds. The van der Waals surface area contributed by atoms with Gasteiger partial charge in [-0.3, -0.25) is 19.8 Å². The van der Waals surface area contributed by atoms with E-state index < -0.39 is 11.8 Å². The minimum absolute atomic E-state index is 0.0606. The van der Waals surface area contributed by atoms with Gasteiger partial charge in [0.25, 0.3) is 11.8 Å². The molecule has 126 valence electrons. The van der Waals surface area contributed by atoms with E-state index in [1.807, 2.05) is 0 Å². The van der Waals surface area contributed by atoms with Crippen LogP contribution in [-0.2, 0) is 9.59 Å². The Morgan fingerprint density at radius 1 is 1.08 bits per heavy atom. The number of carbonyl (C=O) groups is 2. The predicted molar refractivity (Wildman–Crippen MR) is 97.4 cm³/mol. The SMILES string of the molecule is O=C1NC(=S)N(c2ccc(Cl)cc2)C(=O)/C1=C\c1cc(O)ccc1O. The van der Waals surface area contributed by atoms with E-state index in [1.54, 1.807) is 24.3 Å². The molecule has 0 aliphatic carbocycles. The lowest BCUT2D eigenvalue weighted by Crippen LogP contribution is -2.54. The maximum Gasteiger partial charge on any atom is 0.270 e. The molecule has 2 aromatic rings. The zero-order chi connectivity index (χ0) is 18.1. The third-order valence-electron chi connectivity index (χ3n) is 3.50. The van der Waals surface area contributed by atoms with Crippen molar-refractivity contribution < 1.29 is 19.8 Å². The molecule has 1 fully saturated rings. The number of benzene rings is 2. The Hall–Kier alpha value is -2.90. The van der Waals surface area contributed by atoms with Crippen molar-refractivity contribution in [3.63, 3.8) is 0 Å². The van der Waals surface area contributed by atoms with Crippen LogP contribution in [0.2, 0.25) is 5.02 Å². The normalized spacial score (nSPS) is 16.3. The maximum absolute atomic E-state index is 12.8. The van der Waals surface area contributed by atoms with Gasteiger partial charge in [0.1, 0.15) is 17.1 Å². The Bertz CT molecular complexity index is 925. The summed E-state index contributed by atoms with van der Waals surface area (Å²) in [5, 5.41) is 22.2. The minimum Gasteiger partial charge on any atom is -0.508 e. The summed E-state index contributed by atoms with van der Waals surface area (Å²) in [6, 6.07) is 10.1. The van der Waals surface area contributed by atoms with Crippen molar-refractivity contribution in [2.45, 2.75) is 0 Å². The van der Waals surface area contributed by atoms with Gasteiger partial charge in [0.2, 0.25) is 0 Å². The number of phenolic OH excluding ortho intramolecular Hbond substituents is 2. The number of rotatable bonds is 2. The topological polar surface area (TPSA) is 89.9 Å². The maximum atomic E-state index is 12.8. The number of carbonyl (C=O) groups excluding carboxylic acids is 2. The molecular formula is C17H11ClN2O4S. The molecule has 0 spiro atoms. The lowest BCUT2D eigenvalue weighted by molar-refractivity contribution is -0.122. The van der Waals surface area contributed by atoms with Gasteiger partial charge in [-0.05, 0) is 60.8 Å². The van der Waals surface area contributed by atoms with Gasteiger partial charge in [-0.1, -0.05) is 11.6 Å². The molecule has 3 N–H and O–H groups in total. The number of thiocarbonyl (C=S) groups is 1. The zero-order valence-corrected chi connectivity index (χ0v) is 14.1. The fourth-order valence-electron chi connectivity index (χ4n) is 2.30. The van der Waals surface area contributed by atoms with Crippen molar-refractivity contribution in [3.05, 3.63) is 58.6 Å². The zero-order valence-electron chi connectivity index (χ0n) is 12.6. The van der Waals surface area contributed by atoms with Crippen LogP contribution in [0, 0.1) is 0 Å². The average Bonchev–Trinajstić information content (AvgIpc) is 2.56. The Kier molecular flexibility index (Phi) is 4.43. The van der Waals surface area contributed by atoms with Gasteiger partial charge in [0.05, 0.1) is 5.69 Å². The molecule has 1 aliphatic heterocycles. The summed E-state index contributed by atoms with van der Waals surface area (Å²) in [6.07, 6.45) is 1.19. The number of nitrogens with zero attached hydrogens (tertiary/aromatic N) is 1. The molecule has 2 aromatic carbocycles. The number of nitrogens with one attached hydrogen (secondary N) is 1.